The molecule has 2 aromatic carbocycles. The summed E-state index contributed by atoms with van der Waals surface area (Å²) in [4.78, 5) is 15.1. The van der Waals surface area contributed by atoms with Crippen molar-refractivity contribution in [2.45, 2.75) is 0 Å². The lowest BCUT2D eigenvalue weighted by Gasteiger charge is -2.18. The number of carboxylic acid groups (broad SMARTS) is 1. The van der Waals surface area contributed by atoms with Crippen LogP contribution in [0.3, 0.4) is 0 Å². The number of ether oxygens (including phenoxy) is 1. The first kappa shape index (κ1) is 15.2. The van der Waals surface area contributed by atoms with E-state index in [2.05, 4.69) is 29.2 Å². The summed E-state index contributed by atoms with van der Waals surface area (Å²) in [5, 5.41) is 11.1. The van der Waals surface area contributed by atoms with E-state index >= 15 is 0 Å². The van der Waals surface area contributed by atoms with Gasteiger partial charge >= 0.3 is 6.16 Å². The molecule has 4 nitrogen and oxygen atoms in total. The molecule has 3 rings (SSSR count). The monoisotopic (exact) mass is 323 g/mol. The van der Waals surface area contributed by atoms with Crippen LogP contribution in [-0.2, 0) is 0 Å². The standard InChI is InChI=1S/C18H14NO3P/c20-18(21)22-16-12-7-13-17(19-16)23(14-8-3-1-4-9-14)15-10-5-2-6-11-15/h1-13H,(H,20,21). The van der Waals surface area contributed by atoms with Crippen LogP contribution in [0, 0.1) is 0 Å². The summed E-state index contributed by atoms with van der Waals surface area (Å²) in [6, 6.07) is 25.4. The van der Waals surface area contributed by atoms with Gasteiger partial charge in [0.15, 0.2) is 0 Å². The van der Waals surface area contributed by atoms with Crippen molar-refractivity contribution in [2.24, 2.45) is 0 Å². The lowest BCUT2D eigenvalue weighted by Crippen LogP contribution is -2.23. The first-order chi connectivity index (χ1) is 11.2. The third-order valence-corrected chi connectivity index (χ3v) is 5.49. The lowest BCUT2D eigenvalue weighted by atomic mass is 10.4. The zero-order chi connectivity index (χ0) is 16.1. The predicted molar refractivity (Wildman–Crippen MR) is 91.6 cm³/mol. The van der Waals surface area contributed by atoms with Crippen molar-refractivity contribution in [1.29, 1.82) is 0 Å². The third-order valence-electron chi connectivity index (χ3n) is 3.16. The first-order valence-corrected chi connectivity index (χ1v) is 8.36. The topological polar surface area (TPSA) is 59.4 Å². The van der Waals surface area contributed by atoms with Crippen molar-refractivity contribution in [2.75, 3.05) is 0 Å². The van der Waals surface area contributed by atoms with Gasteiger partial charge in [0, 0.05) is 14.0 Å². The third kappa shape index (κ3) is 3.74. The molecule has 0 spiro atoms. The highest BCUT2D eigenvalue weighted by Crippen LogP contribution is 2.32. The lowest BCUT2D eigenvalue weighted by molar-refractivity contribution is 0.142. The van der Waals surface area contributed by atoms with Crippen LogP contribution in [0.25, 0.3) is 0 Å². The average Bonchev–Trinajstić information content (AvgIpc) is 2.57. The van der Waals surface area contributed by atoms with Gasteiger partial charge in [-0.2, -0.15) is 0 Å². The molecule has 0 saturated heterocycles. The summed E-state index contributed by atoms with van der Waals surface area (Å²) < 4.78 is 4.69. The molecule has 0 bridgehead atoms. The molecule has 0 aliphatic heterocycles. The Labute approximate surface area is 135 Å². The Bertz CT molecular complexity index is 754. The first-order valence-electron chi connectivity index (χ1n) is 7.02. The van der Waals surface area contributed by atoms with E-state index in [0.29, 0.717) is 0 Å². The second kappa shape index (κ2) is 7.03. The summed E-state index contributed by atoms with van der Waals surface area (Å²) in [5.41, 5.74) is 0.802. The molecule has 0 aliphatic rings. The molecule has 0 saturated carbocycles. The van der Waals surface area contributed by atoms with E-state index in [1.165, 1.54) is 0 Å². The van der Waals surface area contributed by atoms with E-state index in [4.69, 9.17) is 9.84 Å². The average molecular weight is 323 g/mol. The van der Waals surface area contributed by atoms with E-state index in [9.17, 15) is 4.79 Å². The number of benzene rings is 2. The summed E-state index contributed by atoms with van der Waals surface area (Å²) in [6.45, 7) is 0. The van der Waals surface area contributed by atoms with Gasteiger partial charge in [-0.05, 0) is 16.7 Å². The second-order valence-corrected chi connectivity index (χ2v) is 6.87. The smallest absolute Gasteiger partial charge is 0.449 e. The molecule has 1 aromatic heterocycles. The molecule has 0 atom stereocenters. The predicted octanol–water partition coefficient (Wildman–Crippen LogP) is 2.90. The van der Waals surface area contributed by atoms with Gasteiger partial charge in [-0.25, -0.2) is 9.78 Å². The fourth-order valence-corrected chi connectivity index (χ4v) is 4.44. The Hall–Kier alpha value is -2.71. The molecular formula is C18H14NO3P. The minimum atomic E-state index is -1.36. The summed E-state index contributed by atoms with van der Waals surface area (Å²) >= 11 is 0. The Morgan fingerprint density at radius 3 is 1.91 bits per heavy atom. The number of aromatic nitrogens is 1. The maximum atomic E-state index is 10.7. The molecule has 0 unspecified atom stereocenters. The van der Waals surface area contributed by atoms with Crippen LogP contribution in [0.2, 0.25) is 0 Å². The van der Waals surface area contributed by atoms with E-state index in [-0.39, 0.29) is 5.88 Å². The minimum Gasteiger partial charge on any atom is -0.449 e. The molecule has 5 heteroatoms. The minimum absolute atomic E-state index is 0.0920. The summed E-state index contributed by atoms with van der Waals surface area (Å²) in [5.74, 6) is 0.0920. The van der Waals surface area contributed by atoms with E-state index in [1.54, 1.807) is 12.1 Å². The van der Waals surface area contributed by atoms with Crippen molar-refractivity contribution in [3.63, 3.8) is 0 Å². The van der Waals surface area contributed by atoms with Gasteiger partial charge in [-0.3, -0.25) is 0 Å². The molecule has 0 fully saturated rings. The number of rotatable bonds is 4. The van der Waals surface area contributed by atoms with Gasteiger partial charge in [-0.1, -0.05) is 66.7 Å². The highest BCUT2D eigenvalue weighted by atomic mass is 31.1. The van der Waals surface area contributed by atoms with Crippen LogP contribution in [0.5, 0.6) is 5.88 Å². The molecule has 1 heterocycles. The largest absolute Gasteiger partial charge is 0.512 e. The molecule has 0 aliphatic carbocycles. The van der Waals surface area contributed by atoms with Crippen LogP contribution < -0.4 is 20.8 Å². The van der Waals surface area contributed by atoms with Crippen molar-refractivity contribution < 1.29 is 14.6 Å². The molecule has 23 heavy (non-hydrogen) atoms. The molecule has 3 aromatic rings. The maximum absolute atomic E-state index is 10.7. The van der Waals surface area contributed by atoms with Gasteiger partial charge in [-0.15, -0.1) is 0 Å². The fourth-order valence-electron chi connectivity index (χ4n) is 2.24. The van der Waals surface area contributed by atoms with Gasteiger partial charge in [0.05, 0.1) is 5.44 Å². The zero-order valence-corrected chi connectivity index (χ0v) is 13.1. The number of pyridine rings is 1. The Kier molecular flexibility index (Phi) is 4.65. The molecule has 114 valence electrons. The number of carbonyl (C=O) groups is 1. The molecular weight excluding hydrogens is 309 g/mol. The van der Waals surface area contributed by atoms with Gasteiger partial charge in [0.25, 0.3) is 0 Å². The van der Waals surface area contributed by atoms with Crippen LogP contribution in [0.1, 0.15) is 0 Å². The Morgan fingerprint density at radius 1 is 0.826 bits per heavy atom. The van der Waals surface area contributed by atoms with E-state index in [1.807, 2.05) is 42.5 Å². The molecule has 1 N–H and O–H groups in total. The van der Waals surface area contributed by atoms with Crippen molar-refractivity contribution in [3.8, 4) is 5.88 Å². The Morgan fingerprint density at radius 2 is 1.39 bits per heavy atom. The fraction of sp³-hybridized carbons (Fsp3) is 0. The normalized spacial score (nSPS) is 10.5. The Balaban J connectivity index is 2.07. The van der Waals surface area contributed by atoms with Crippen LogP contribution in [0.15, 0.2) is 78.9 Å². The number of hydrogen-bond acceptors (Lipinski definition) is 3. The SMILES string of the molecule is O=C(O)Oc1cccc(P(c2ccccc2)c2ccccc2)n1. The zero-order valence-electron chi connectivity index (χ0n) is 12.2. The van der Waals surface area contributed by atoms with Crippen molar-refractivity contribution in [1.82, 2.24) is 4.98 Å². The summed E-state index contributed by atoms with van der Waals surface area (Å²) in [7, 11) is -0.871. The highest BCUT2D eigenvalue weighted by Gasteiger charge is 2.18. The molecule has 0 amide bonds. The van der Waals surface area contributed by atoms with Crippen LogP contribution in [0.4, 0.5) is 4.79 Å². The summed E-state index contributed by atoms with van der Waals surface area (Å²) in [6.07, 6.45) is -1.36. The highest BCUT2D eigenvalue weighted by molar-refractivity contribution is 7.79. The van der Waals surface area contributed by atoms with Crippen molar-refractivity contribution >= 4 is 30.1 Å². The van der Waals surface area contributed by atoms with E-state index < -0.39 is 14.1 Å². The quantitative estimate of drug-likeness (QED) is 0.592. The molecule has 0 radical (unpaired) electrons. The second-order valence-electron chi connectivity index (χ2n) is 4.71. The van der Waals surface area contributed by atoms with Crippen LogP contribution >= 0.6 is 7.92 Å². The van der Waals surface area contributed by atoms with E-state index in [0.717, 1.165) is 16.0 Å². The number of hydrogen-bond donors (Lipinski definition) is 1. The van der Waals surface area contributed by atoms with Gasteiger partial charge in [0.2, 0.25) is 5.88 Å². The van der Waals surface area contributed by atoms with Crippen LogP contribution in [-0.4, -0.2) is 16.2 Å². The van der Waals surface area contributed by atoms with Crippen molar-refractivity contribution in [3.05, 3.63) is 78.9 Å². The maximum Gasteiger partial charge on any atom is 0.512 e. The van der Waals surface area contributed by atoms with Gasteiger partial charge in [0.1, 0.15) is 0 Å². The number of nitrogens with zero attached hydrogens (tertiary/aromatic N) is 1. The van der Waals surface area contributed by atoms with Gasteiger partial charge < -0.3 is 9.84 Å².